The van der Waals surface area contributed by atoms with E-state index in [0.717, 1.165) is 22.6 Å². The van der Waals surface area contributed by atoms with E-state index in [2.05, 4.69) is 9.97 Å². The van der Waals surface area contributed by atoms with Crippen LogP contribution in [-0.4, -0.2) is 21.6 Å². The van der Waals surface area contributed by atoms with Gasteiger partial charge in [-0.2, -0.15) is 0 Å². The van der Waals surface area contributed by atoms with Gasteiger partial charge in [0.25, 0.3) is 0 Å². The Labute approximate surface area is 82.5 Å². The number of nitrogens with zero attached hydrogens (tertiary/aromatic N) is 3. The van der Waals surface area contributed by atoms with E-state index in [1.54, 1.807) is 13.3 Å². The molecule has 0 bridgehead atoms. The molecule has 0 aromatic carbocycles. The lowest BCUT2D eigenvalue weighted by Crippen LogP contribution is -1.99. The van der Waals surface area contributed by atoms with Gasteiger partial charge in [-0.3, -0.25) is 4.98 Å². The van der Waals surface area contributed by atoms with Gasteiger partial charge in [-0.1, -0.05) is 0 Å². The monoisotopic (exact) mass is 191 g/mol. The number of ether oxygens (including phenoxy) is 1. The Morgan fingerprint density at radius 3 is 2.93 bits per heavy atom. The molecule has 2 rings (SSSR count). The quantitative estimate of drug-likeness (QED) is 0.720. The first-order valence-corrected chi connectivity index (χ1v) is 4.50. The molecule has 0 aliphatic rings. The molecular formula is C10H13N3O. The van der Waals surface area contributed by atoms with Gasteiger partial charge in [-0.05, 0) is 13.0 Å². The molecule has 0 aliphatic carbocycles. The zero-order valence-corrected chi connectivity index (χ0v) is 8.61. The molecule has 0 aliphatic heterocycles. The second kappa shape index (κ2) is 3.38. The highest BCUT2D eigenvalue weighted by Gasteiger charge is 2.09. The summed E-state index contributed by atoms with van der Waals surface area (Å²) in [6, 6.07) is 1.92. The Bertz CT molecular complexity index is 462. The molecule has 0 saturated carbocycles. The third kappa shape index (κ3) is 1.28. The number of methoxy groups -OCH3 is 1. The SMILES string of the molecule is COCc1nc2ccnc(C)c2n1C. The summed E-state index contributed by atoms with van der Waals surface area (Å²) in [6.07, 6.45) is 1.78. The average molecular weight is 191 g/mol. The summed E-state index contributed by atoms with van der Waals surface area (Å²) >= 11 is 0. The van der Waals surface area contributed by atoms with Crippen LogP contribution in [-0.2, 0) is 18.4 Å². The summed E-state index contributed by atoms with van der Waals surface area (Å²) in [4.78, 5) is 8.70. The highest BCUT2D eigenvalue weighted by atomic mass is 16.5. The van der Waals surface area contributed by atoms with Gasteiger partial charge in [0, 0.05) is 20.4 Å². The van der Waals surface area contributed by atoms with Crippen LogP contribution in [0.5, 0.6) is 0 Å². The van der Waals surface area contributed by atoms with Gasteiger partial charge in [0.1, 0.15) is 12.4 Å². The number of hydrogen-bond donors (Lipinski definition) is 0. The van der Waals surface area contributed by atoms with Gasteiger partial charge >= 0.3 is 0 Å². The lowest BCUT2D eigenvalue weighted by Gasteiger charge is -2.01. The topological polar surface area (TPSA) is 39.9 Å². The molecule has 0 saturated heterocycles. The van der Waals surface area contributed by atoms with Crippen molar-refractivity contribution in [1.82, 2.24) is 14.5 Å². The van der Waals surface area contributed by atoms with E-state index >= 15 is 0 Å². The largest absolute Gasteiger partial charge is 0.377 e. The minimum atomic E-state index is 0.532. The molecule has 2 aromatic rings. The van der Waals surface area contributed by atoms with Crippen molar-refractivity contribution in [3.05, 3.63) is 23.8 Å². The van der Waals surface area contributed by atoms with Crippen LogP contribution in [0, 0.1) is 6.92 Å². The first-order valence-electron chi connectivity index (χ1n) is 4.50. The van der Waals surface area contributed by atoms with Crippen molar-refractivity contribution in [3.8, 4) is 0 Å². The van der Waals surface area contributed by atoms with Gasteiger partial charge in [0.15, 0.2) is 0 Å². The van der Waals surface area contributed by atoms with Gasteiger partial charge in [-0.25, -0.2) is 4.98 Å². The molecule has 0 radical (unpaired) electrons. The van der Waals surface area contributed by atoms with Crippen molar-refractivity contribution in [1.29, 1.82) is 0 Å². The fourth-order valence-corrected chi connectivity index (χ4v) is 1.65. The van der Waals surface area contributed by atoms with Crippen LogP contribution >= 0.6 is 0 Å². The molecule has 2 heterocycles. The first-order chi connectivity index (χ1) is 6.74. The maximum Gasteiger partial charge on any atom is 0.135 e. The first kappa shape index (κ1) is 9.15. The number of rotatable bonds is 2. The van der Waals surface area contributed by atoms with E-state index in [1.165, 1.54) is 0 Å². The average Bonchev–Trinajstić information content (AvgIpc) is 2.46. The number of fused-ring (bicyclic) bond motifs is 1. The van der Waals surface area contributed by atoms with Crippen LogP contribution < -0.4 is 0 Å². The molecule has 0 unspecified atom stereocenters. The molecule has 0 N–H and O–H groups in total. The van der Waals surface area contributed by atoms with Crippen molar-refractivity contribution in [3.63, 3.8) is 0 Å². The maximum absolute atomic E-state index is 5.07. The number of hydrogen-bond acceptors (Lipinski definition) is 3. The zero-order chi connectivity index (χ0) is 10.1. The molecule has 4 nitrogen and oxygen atoms in total. The van der Waals surface area contributed by atoms with E-state index in [4.69, 9.17) is 4.74 Å². The molecule has 0 fully saturated rings. The molecular weight excluding hydrogens is 178 g/mol. The molecule has 0 atom stereocenters. The van der Waals surface area contributed by atoms with Gasteiger partial charge < -0.3 is 9.30 Å². The summed E-state index contributed by atoms with van der Waals surface area (Å²) in [7, 11) is 3.66. The molecule has 0 spiro atoms. The summed E-state index contributed by atoms with van der Waals surface area (Å²) in [5.41, 5.74) is 3.06. The van der Waals surface area contributed by atoms with E-state index < -0.39 is 0 Å². The summed E-state index contributed by atoms with van der Waals surface area (Å²) in [5.74, 6) is 0.929. The standard InChI is InChI=1S/C10H13N3O/c1-7-10-8(4-5-11-7)12-9(6-14-3)13(10)2/h4-5H,6H2,1-3H3. The van der Waals surface area contributed by atoms with E-state index in [0.29, 0.717) is 6.61 Å². The smallest absolute Gasteiger partial charge is 0.135 e. The Hall–Kier alpha value is -1.42. The third-order valence-electron chi connectivity index (χ3n) is 2.33. The number of pyridine rings is 1. The van der Waals surface area contributed by atoms with Crippen molar-refractivity contribution in [2.24, 2.45) is 7.05 Å². The third-order valence-corrected chi connectivity index (χ3v) is 2.33. The Balaban J connectivity index is 2.68. The van der Waals surface area contributed by atoms with E-state index in [9.17, 15) is 0 Å². The highest BCUT2D eigenvalue weighted by molar-refractivity contribution is 5.77. The predicted molar refractivity (Wildman–Crippen MR) is 54.0 cm³/mol. The van der Waals surface area contributed by atoms with E-state index in [1.807, 2.05) is 24.6 Å². The normalized spacial score (nSPS) is 11.1. The number of aryl methyl sites for hydroxylation is 2. The molecule has 14 heavy (non-hydrogen) atoms. The summed E-state index contributed by atoms with van der Waals surface area (Å²) < 4.78 is 7.10. The Morgan fingerprint density at radius 1 is 1.50 bits per heavy atom. The lowest BCUT2D eigenvalue weighted by molar-refractivity contribution is 0.176. The van der Waals surface area contributed by atoms with Crippen molar-refractivity contribution >= 4 is 11.0 Å². The van der Waals surface area contributed by atoms with Crippen LogP contribution in [0.25, 0.3) is 11.0 Å². The summed E-state index contributed by atoms with van der Waals surface area (Å²) in [5, 5.41) is 0. The highest BCUT2D eigenvalue weighted by Crippen LogP contribution is 2.16. The van der Waals surface area contributed by atoms with Crippen molar-refractivity contribution in [2.45, 2.75) is 13.5 Å². The second-order valence-corrected chi connectivity index (χ2v) is 3.28. The lowest BCUT2D eigenvalue weighted by atomic mass is 10.3. The van der Waals surface area contributed by atoms with E-state index in [-0.39, 0.29) is 0 Å². The second-order valence-electron chi connectivity index (χ2n) is 3.28. The fraction of sp³-hybridized carbons (Fsp3) is 0.400. The van der Waals surface area contributed by atoms with Crippen LogP contribution in [0.15, 0.2) is 12.3 Å². The minimum Gasteiger partial charge on any atom is -0.377 e. The fourth-order valence-electron chi connectivity index (χ4n) is 1.65. The van der Waals surface area contributed by atoms with Crippen LogP contribution in [0.1, 0.15) is 11.5 Å². The van der Waals surface area contributed by atoms with Gasteiger partial charge in [-0.15, -0.1) is 0 Å². The summed E-state index contributed by atoms with van der Waals surface area (Å²) in [6.45, 7) is 2.52. The molecule has 74 valence electrons. The van der Waals surface area contributed by atoms with Crippen LogP contribution in [0.3, 0.4) is 0 Å². The molecule has 0 amide bonds. The molecule has 4 heteroatoms. The Kier molecular flexibility index (Phi) is 2.21. The number of aromatic nitrogens is 3. The molecule has 2 aromatic heterocycles. The van der Waals surface area contributed by atoms with Crippen molar-refractivity contribution in [2.75, 3.05) is 7.11 Å². The maximum atomic E-state index is 5.07. The van der Waals surface area contributed by atoms with Crippen molar-refractivity contribution < 1.29 is 4.74 Å². The predicted octanol–water partition coefficient (Wildman–Crippen LogP) is 1.42. The van der Waals surface area contributed by atoms with Gasteiger partial charge in [0.2, 0.25) is 0 Å². The Morgan fingerprint density at radius 2 is 2.29 bits per heavy atom. The minimum absolute atomic E-state index is 0.532. The van der Waals surface area contributed by atoms with Crippen LogP contribution in [0.2, 0.25) is 0 Å². The van der Waals surface area contributed by atoms with Gasteiger partial charge in [0.05, 0.1) is 16.7 Å². The zero-order valence-electron chi connectivity index (χ0n) is 8.61. The number of imidazole rings is 1. The van der Waals surface area contributed by atoms with Crippen LogP contribution in [0.4, 0.5) is 0 Å².